The normalized spacial score (nSPS) is 21.8. The van der Waals surface area contributed by atoms with E-state index in [0.29, 0.717) is 12.8 Å². The van der Waals surface area contributed by atoms with E-state index in [0.717, 1.165) is 35.1 Å². The van der Waals surface area contributed by atoms with Crippen LogP contribution in [0.1, 0.15) is 37.3 Å². The van der Waals surface area contributed by atoms with E-state index in [1.165, 1.54) is 6.07 Å². The van der Waals surface area contributed by atoms with Crippen LogP contribution in [0.15, 0.2) is 23.8 Å². The molecule has 0 bridgehead atoms. The molecule has 21 heavy (non-hydrogen) atoms. The van der Waals surface area contributed by atoms with Crippen LogP contribution >= 0.6 is 0 Å². The smallest absolute Gasteiger partial charge is 0.362 e. The number of Topliss-reactive ketones (excluding diaryl/α,β-unsaturated/α-hetero) is 1. The van der Waals surface area contributed by atoms with Crippen molar-refractivity contribution >= 4 is 21.8 Å². The van der Waals surface area contributed by atoms with Crippen molar-refractivity contribution in [1.29, 1.82) is 0 Å². The number of carbonyl (C=O) groups excluding carboxylic acids is 1. The van der Waals surface area contributed by atoms with Crippen LogP contribution in [0.4, 0.5) is 0 Å². The Balaban J connectivity index is 2.01. The van der Waals surface area contributed by atoms with E-state index in [-0.39, 0.29) is 17.5 Å². The van der Waals surface area contributed by atoms with Gasteiger partial charge in [-0.2, -0.15) is 8.42 Å². The Labute approximate surface area is 123 Å². The number of hydrogen-bond donors (Lipinski definition) is 1. The van der Waals surface area contributed by atoms with Crippen LogP contribution in [0.25, 0.3) is 5.57 Å². The maximum Gasteiger partial charge on any atom is 0.446 e. The molecule has 112 valence electrons. The van der Waals surface area contributed by atoms with Crippen LogP contribution in [0.3, 0.4) is 0 Å². The van der Waals surface area contributed by atoms with Gasteiger partial charge in [0.25, 0.3) is 0 Å². The highest BCUT2D eigenvalue weighted by Crippen LogP contribution is 2.41. The van der Waals surface area contributed by atoms with Gasteiger partial charge in [-0.15, -0.1) is 0 Å². The van der Waals surface area contributed by atoms with Crippen molar-refractivity contribution in [2.24, 2.45) is 5.92 Å². The minimum Gasteiger partial charge on any atom is -0.362 e. The Morgan fingerprint density at radius 2 is 1.95 bits per heavy atom. The van der Waals surface area contributed by atoms with Gasteiger partial charge in [0, 0.05) is 5.92 Å². The van der Waals surface area contributed by atoms with E-state index in [2.05, 4.69) is 4.18 Å². The minimum absolute atomic E-state index is 0.0902. The van der Waals surface area contributed by atoms with E-state index in [4.69, 9.17) is 4.55 Å². The van der Waals surface area contributed by atoms with Gasteiger partial charge in [0.2, 0.25) is 0 Å². The molecule has 2 aliphatic rings. The monoisotopic (exact) mass is 308 g/mol. The Kier molecular flexibility index (Phi) is 3.37. The van der Waals surface area contributed by atoms with E-state index in [1.807, 2.05) is 6.92 Å². The molecule has 0 spiro atoms. The summed E-state index contributed by atoms with van der Waals surface area (Å²) in [4.78, 5) is 12.2. The van der Waals surface area contributed by atoms with Gasteiger partial charge in [-0.3, -0.25) is 9.35 Å². The lowest BCUT2D eigenvalue weighted by Gasteiger charge is -2.29. The summed E-state index contributed by atoms with van der Waals surface area (Å²) in [7, 11) is -4.51. The Morgan fingerprint density at radius 3 is 2.67 bits per heavy atom. The van der Waals surface area contributed by atoms with Gasteiger partial charge in [-0.25, -0.2) is 0 Å². The summed E-state index contributed by atoms with van der Waals surface area (Å²) in [5.41, 5.74) is 3.96. The third-order valence-electron chi connectivity index (χ3n) is 4.18. The fourth-order valence-corrected chi connectivity index (χ4v) is 3.51. The zero-order chi connectivity index (χ0) is 15.2. The Hall–Kier alpha value is -1.66. The van der Waals surface area contributed by atoms with E-state index >= 15 is 0 Å². The number of benzene rings is 1. The second kappa shape index (κ2) is 4.96. The van der Waals surface area contributed by atoms with Crippen molar-refractivity contribution in [3.63, 3.8) is 0 Å². The van der Waals surface area contributed by atoms with Crippen LogP contribution < -0.4 is 4.18 Å². The summed E-state index contributed by atoms with van der Waals surface area (Å²) in [5.74, 6) is 0.420. The second-order valence-corrected chi connectivity index (χ2v) is 6.61. The molecule has 0 amide bonds. The first-order valence-electron chi connectivity index (χ1n) is 6.91. The Morgan fingerprint density at radius 1 is 1.19 bits per heavy atom. The molecule has 0 fully saturated rings. The maximum atomic E-state index is 12.2. The van der Waals surface area contributed by atoms with Gasteiger partial charge in [-0.05, 0) is 60.1 Å². The highest BCUT2D eigenvalue weighted by Gasteiger charge is 2.30. The zero-order valence-electron chi connectivity index (χ0n) is 11.6. The molecule has 3 rings (SSSR count). The molecule has 1 aromatic rings. The average molecular weight is 308 g/mol. The third-order valence-corrected chi connectivity index (χ3v) is 4.59. The minimum atomic E-state index is -4.51. The first-order valence-corrected chi connectivity index (χ1v) is 8.28. The van der Waals surface area contributed by atoms with Crippen molar-refractivity contribution in [2.75, 3.05) is 0 Å². The lowest BCUT2D eigenvalue weighted by molar-refractivity contribution is -0.119. The molecule has 0 aliphatic heterocycles. The van der Waals surface area contributed by atoms with Gasteiger partial charge in [0.1, 0.15) is 5.75 Å². The van der Waals surface area contributed by atoms with Crippen molar-refractivity contribution < 1.29 is 21.9 Å². The van der Waals surface area contributed by atoms with Gasteiger partial charge in [0.05, 0.1) is 0 Å². The molecular formula is C15H16O5S. The molecule has 6 heteroatoms. The second-order valence-electron chi connectivity index (χ2n) is 5.59. The fourth-order valence-electron chi connectivity index (χ4n) is 3.16. The summed E-state index contributed by atoms with van der Waals surface area (Å²) < 4.78 is 34.7. The third kappa shape index (κ3) is 2.73. The number of fused-ring (bicyclic) bond motifs is 2. The van der Waals surface area contributed by atoms with Crippen LogP contribution in [0.5, 0.6) is 5.75 Å². The van der Waals surface area contributed by atoms with Crippen LogP contribution in [0.2, 0.25) is 0 Å². The molecule has 1 aromatic carbocycles. The number of allylic oxidation sites excluding steroid dienone is 2. The zero-order valence-corrected chi connectivity index (χ0v) is 12.4. The van der Waals surface area contributed by atoms with E-state index in [9.17, 15) is 13.2 Å². The molecular weight excluding hydrogens is 292 g/mol. The first-order chi connectivity index (χ1) is 9.85. The number of carbonyl (C=O) groups is 1. The van der Waals surface area contributed by atoms with Crippen molar-refractivity contribution in [3.8, 4) is 5.75 Å². The molecule has 0 saturated carbocycles. The van der Waals surface area contributed by atoms with Crippen molar-refractivity contribution in [2.45, 2.75) is 32.6 Å². The van der Waals surface area contributed by atoms with Crippen molar-refractivity contribution in [3.05, 3.63) is 34.9 Å². The first kappa shape index (κ1) is 14.3. The summed E-state index contributed by atoms with van der Waals surface area (Å²) in [6.07, 6.45) is 3.07. The summed E-state index contributed by atoms with van der Waals surface area (Å²) in [6.45, 7) is 1.96. The SMILES string of the molecule is CC1CCC2=C(CCc3cc(OS(=O)(=O)O)ccc32)C1=O. The molecule has 0 heterocycles. The maximum absolute atomic E-state index is 12.2. The predicted octanol–water partition coefficient (Wildman–Crippen LogP) is 2.57. The largest absolute Gasteiger partial charge is 0.446 e. The molecule has 0 radical (unpaired) electrons. The van der Waals surface area contributed by atoms with E-state index in [1.54, 1.807) is 12.1 Å². The number of hydrogen-bond acceptors (Lipinski definition) is 4. The Bertz CT molecular complexity index is 745. The predicted molar refractivity (Wildman–Crippen MR) is 77.3 cm³/mol. The van der Waals surface area contributed by atoms with Gasteiger partial charge in [-0.1, -0.05) is 13.0 Å². The summed E-state index contributed by atoms with van der Waals surface area (Å²) in [5, 5.41) is 0. The molecule has 2 aliphatic carbocycles. The highest BCUT2D eigenvalue weighted by molar-refractivity contribution is 7.81. The molecule has 0 saturated heterocycles. The molecule has 1 unspecified atom stereocenters. The fraction of sp³-hybridized carbons (Fsp3) is 0.400. The van der Waals surface area contributed by atoms with Gasteiger partial charge < -0.3 is 4.18 Å². The van der Waals surface area contributed by atoms with Crippen LogP contribution in [-0.2, 0) is 21.6 Å². The quantitative estimate of drug-likeness (QED) is 0.849. The molecule has 5 nitrogen and oxygen atoms in total. The average Bonchev–Trinajstić information content (AvgIpc) is 2.40. The molecule has 1 atom stereocenters. The van der Waals surface area contributed by atoms with E-state index < -0.39 is 10.4 Å². The number of ketones is 1. The van der Waals surface area contributed by atoms with Gasteiger partial charge >= 0.3 is 10.4 Å². The molecule has 1 N–H and O–H groups in total. The number of rotatable bonds is 2. The summed E-state index contributed by atoms with van der Waals surface area (Å²) >= 11 is 0. The highest BCUT2D eigenvalue weighted by atomic mass is 32.3. The number of aryl methyl sites for hydroxylation is 1. The lowest BCUT2D eigenvalue weighted by atomic mass is 9.74. The van der Waals surface area contributed by atoms with Crippen molar-refractivity contribution in [1.82, 2.24) is 0 Å². The lowest BCUT2D eigenvalue weighted by Crippen LogP contribution is -2.23. The van der Waals surface area contributed by atoms with Crippen LogP contribution in [-0.4, -0.2) is 18.8 Å². The van der Waals surface area contributed by atoms with Crippen LogP contribution in [0, 0.1) is 5.92 Å². The molecule has 0 aromatic heterocycles. The topological polar surface area (TPSA) is 80.7 Å². The summed E-state index contributed by atoms with van der Waals surface area (Å²) in [6, 6.07) is 4.90. The van der Waals surface area contributed by atoms with Gasteiger partial charge in [0.15, 0.2) is 5.78 Å². The standard InChI is InChI=1S/C15H16O5S/c1-9-2-5-13-12-7-4-11(20-21(17,18)19)8-10(12)3-6-14(13)15(9)16/h4,7-9H,2-3,5-6H2,1H3,(H,17,18,19).